The van der Waals surface area contributed by atoms with Crippen LogP contribution in [0.5, 0.6) is 0 Å². The Morgan fingerprint density at radius 3 is 0.795 bits per heavy atom. The number of carbonyl (C=O) groups excluding carboxylic acids is 4. The SMILES string of the molecule is C=CC(=O)c1ccc2c(=O)c3ccccc3sc2c1.CCCC(CCC(=O)c1ccc2c(=O)c3ccccc3sc2c1)CCC(CCC(=O)c1ccc2c(=O)c3ccccc3sc2c1)CCC(CC)CCC(=O)c1ccc2c(=O)c3ccccc3sc2c1.CCCCCCCCCCCC.CCCCCCCCCCCC. The number of fused-ring (bicyclic) bond motifs is 8. The summed E-state index contributed by atoms with van der Waals surface area (Å²) < 4.78 is 6.98. The molecule has 0 radical (unpaired) electrons. The van der Waals surface area contributed by atoms with E-state index in [2.05, 4.69) is 48.1 Å². The first kappa shape index (κ1) is 87.7. The highest BCUT2D eigenvalue weighted by Gasteiger charge is 2.22. The number of hydrogen-bond donors (Lipinski definition) is 0. The Balaban J connectivity index is 0.000000268. The summed E-state index contributed by atoms with van der Waals surface area (Å²) in [5.74, 6) is 1.10. The second-order valence-electron chi connectivity index (χ2n) is 30.6. The van der Waals surface area contributed by atoms with E-state index in [0.717, 1.165) is 107 Å². The minimum absolute atomic E-state index is 0.00300. The molecule has 12 aromatic rings. The van der Waals surface area contributed by atoms with Crippen LogP contribution in [-0.2, 0) is 0 Å². The molecule has 0 fully saturated rings. The van der Waals surface area contributed by atoms with Crippen LogP contribution in [0.2, 0.25) is 0 Å². The molecule has 12 heteroatoms. The molecule has 0 amide bonds. The normalized spacial score (nSPS) is 12.2. The van der Waals surface area contributed by atoms with E-state index < -0.39 is 0 Å². The summed E-state index contributed by atoms with van der Waals surface area (Å²) in [6, 6.07) is 52.0. The minimum atomic E-state index is -0.130. The van der Waals surface area contributed by atoms with Crippen LogP contribution in [0.15, 0.2) is 202 Å². The molecule has 0 spiro atoms. The van der Waals surface area contributed by atoms with E-state index in [-0.39, 0.29) is 50.8 Å². The lowest BCUT2D eigenvalue weighted by Gasteiger charge is -2.23. The van der Waals surface area contributed by atoms with Crippen molar-refractivity contribution < 1.29 is 19.2 Å². The highest BCUT2D eigenvalue weighted by atomic mass is 32.1. The molecule has 8 aromatic carbocycles. The average Bonchev–Trinajstić information content (AvgIpc) is 0.797. The fourth-order valence-electron chi connectivity index (χ4n) is 15.3. The van der Waals surface area contributed by atoms with Crippen molar-refractivity contribution in [1.29, 1.82) is 0 Å². The molecule has 4 heterocycles. The standard InChI is InChI=1S/C60H56O6S3.C16H10O2S.2C12H26/c1-3-11-38(23-32-50(62)41-26-29-47-56(35-41)68-53-16-9-6-13-44(53)59(47)65)20-21-39(24-33-51(63)42-27-30-48-57(36-42)69-54-17-10-7-14-45(54)60(48)66)19-18-37(4-2)22-31-49(61)40-25-28-46-55(34-40)67-52-15-8-5-12-43(52)58(46)64;1-2-13(17)10-7-8-12-15(9-10)19-14-6-4-3-5-11(14)16(12)18;2*1-3-5-7-9-11-12-10-8-6-4-2/h5-10,12-17,25-30,34-39H,3-4,11,18-24,31-33H2,1-2H3;2-9H,1H2;2*3-12H2,1-2H3. The molecule has 112 heavy (non-hydrogen) atoms. The van der Waals surface area contributed by atoms with Gasteiger partial charge in [0.15, 0.2) is 44.8 Å². The van der Waals surface area contributed by atoms with Gasteiger partial charge in [0.2, 0.25) is 0 Å². The maximum absolute atomic E-state index is 13.9. The zero-order chi connectivity index (χ0) is 79.6. The number of hydrogen-bond acceptors (Lipinski definition) is 12. The van der Waals surface area contributed by atoms with Crippen molar-refractivity contribution in [2.75, 3.05) is 0 Å². The molecule has 12 rings (SSSR count). The van der Waals surface area contributed by atoms with E-state index in [1.54, 1.807) is 77.3 Å². The van der Waals surface area contributed by atoms with Gasteiger partial charge in [0.05, 0.1) is 0 Å². The molecule has 0 aliphatic carbocycles. The molecular formula is C100H118O8S4. The monoisotopic (exact) mass is 1570 g/mol. The van der Waals surface area contributed by atoms with Crippen molar-refractivity contribution >= 4 is 149 Å². The predicted molar refractivity (Wildman–Crippen MR) is 487 cm³/mol. The van der Waals surface area contributed by atoms with Crippen LogP contribution >= 0.6 is 45.3 Å². The third kappa shape index (κ3) is 25.4. The first-order valence-electron chi connectivity index (χ1n) is 42.2. The summed E-state index contributed by atoms with van der Waals surface area (Å²) >= 11 is 6.15. The molecule has 0 bridgehead atoms. The lowest BCUT2D eigenvalue weighted by molar-refractivity contribution is 0.0957. The Hall–Kier alpha value is -8.26. The van der Waals surface area contributed by atoms with Crippen molar-refractivity contribution in [3.05, 3.63) is 246 Å². The molecule has 4 aromatic heterocycles. The zero-order valence-electron chi connectivity index (χ0n) is 67.4. The fourth-order valence-corrected chi connectivity index (χ4v) is 19.8. The summed E-state index contributed by atoms with van der Waals surface area (Å²) in [6.07, 6.45) is 40.5. The van der Waals surface area contributed by atoms with E-state index in [1.165, 1.54) is 157 Å². The maximum Gasteiger partial charge on any atom is 0.195 e. The fraction of sp³-hybridized carbons (Fsp3) is 0.420. The number of Topliss-reactive ketones (excluding diaryl/α,β-unsaturated/α-hetero) is 3. The van der Waals surface area contributed by atoms with Gasteiger partial charge in [0, 0.05) is 122 Å². The number of benzene rings is 8. The Morgan fingerprint density at radius 1 is 0.277 bits per heavy atom. The van der Waals surface area contributed by atoms with E-state index >= 15 is 0 Å². The van der Waals surface area contributed by atoms with Gasteiger partial charge < -0.3 is 0 Å². The molecule has 0 aliphatic heterocycles. The summed E-state index contributed by atoms with van der Waals surface area (Å²) in [5, 5.41) is 5.40. The van der Waals surface area contributed by atoms with Gasteiger partial charge in [0.25, 0.3) is 0 Å². The van der Waals surface area contributed by atoms with Crippen LogP contribution in [0, 0.1) is 17.8 Å². The van der Waals surface area contributed by atoms with Crippen LogP contribution < -0.4 is 21.7 Å². The predicted octanol–water partition coefficient (Wildman–Crippen LogP) is 29.4. The van der Waals surface area contributed by atoms with Crippen LogP contribution in [0.4, 0.5) is 0 Å². The van der Waals surface area contributed by atoms with Gasteiger partial charge in [-0.3, -0.25) is 38.4 Å². The molecule has 3 atom stereocenters. The van der Waals surface area contributed by atoms with Gasteiger partial charge >= 0.3 is 0 Å². The molecule has 590 valence electrons. The van der Waals surface area contributed by atoms with Gasteiger partial charge in [0.1, 0.15) is 0 Å². The third-order valence-electron chi connectivity index (χ3n) is 22.2. The highest BCUT2D eigenvalue weighted by Crippen LogP contribution is 2.35. The van der Waals surface area contributed by atoms with Crippen LogP contribution in [0.1, 0.15) is 295 Å². The van der Waals surface area contributed by atoms with Crippen molar-refractivity contribution in [3.63, 3.8) is 0 Å². The first-order chi connectivity index (χ1) is 54.6. The number of allylic oxidation sites excluding steroid dienone is 1. The van der Waals surface area contributed by atoms with Crippen molar-refractivity contribution in [2.24, 2.45) is 17.8 Å². The summed E-state index contributed by atoms with van der Waals surface area (Å²) in [4.78, 5) is 105. The van der Waals surface area contributed by atoms with Gasteiger partial charge in [-0.15, -0.1) is 45.3 Å². The van der Waals surface area contributed by atoms with E-state index in [4.69, 9.17) is 0 Å². The van der Waals surface area contributed by atoms with Crippen molar-refractivity contribution in [2.45, 2.75) is 253 Å². The Morgan fingerprint density at radius 2 is 0.518 bits per heavy atom. The van der Waals surface area contributed by atoms with Gasteiger partial charge in [-0.1, -0.05) is 294 Å². The molecular weight excluding hydrogens is 1460 g/mol. The van der Waals surface area contributed by atoms with E-state index in [1.807, 2.05) is 115 Å². The molecule has 0 N–H and O–H groups in total. The van der Waals surface area contributed by atoms with Crippen LogP contribution in [0.3, 0.4) is 0 Å². The second kappa shape index (κ2) is 46.8. The second-order valence-corrected chi connectivity index (χ2v) is 34.9. The summed E-state index contributed by atoms with van der Waals surface area (Å²) in [5.41, 5.74) is 2.47. The lowest BCUT2D eigenvalue weighted by atomic mass is 9.82. The third-order valence-corrected chi connectivity index (χ3v) is 26.8. The average molecular weight is 1580 g/mol. The highest BCUT2D eigenvalue weighted by molar-refractivity contribution is 7.25. The smallest absolute Gasteiger partial charge is 0.195 e. The minimum Gasteiger partial charge on any atom is -0.294 e. The molecule has 0 aliphatic rings. The van der Waals surface area contributed by atoms with Crippen molar-refractivity contribution in [1.82, 2.24) is 0 Å². The van der Waals surface area contributed by atoms with Crippen LogP contribution in [0.25, 0.3) is 80.7 Å². The molecule has 0 saturated heterocycles. The van der Waals surface area contributed by atoms with Gasteiger partial charge in [-0.05, 0) is 140 Å². The topological polar surface area (TPSA) is 137 Å². The number of unbranched alkanes of at least 4 members (excludes halogenated alkanes) is 18. The number of rotatable bonds is 41. The summed E-state index contributed by atoms with van der Waals surface area (Å²) in [6.45, 7) is 17.0. The Kier molecular flexibility index (Phi) is 36.6. The zero-order valence-corrected chi connectivity index (χ0v) is 70.7. The largest absolute Gasteiger partial charge is 0.294 e. The van der Waals surface area contributed by atoms with Crippen molar-refractivity contribution in [3.8, 4) is 0 Å². The Bertz CT molecular complexity index is 5310. The maximum atomic E-state index is 13.9. The van der Waals surface area contributed by atoms with Gasteiger partial charge in [-0.25, -0.2) is 0 Å². The number of ketones is 4. The first-order valence-corrected chi connectivity index (χ1v) is 45.5. The summed E-state index contributed by atoms with van der Waals surface area (Å²) in [7, 11) is 0. The Labute approximate surface area is 680 Å². The quantitative estimate of drug-likeness (QED) is 0.0160. The molecule has 3 unspecified atom stereocenters. The van der Waals surface area contributed by atoms with Crippen LogP contribution in [-0.4, -0.2) is 23.1 Å². The van der Waals surface area contributed by atoms with E-state index in [0.29, 0.717) is 91.1 Å². The van der Waals surface area contributed by atoms with Gasteiger partial charge in [-0.2, -0.15) is 0 Å². The van der Waals surface area contributed by atoms with E-state index in [9.17, 15) is 38.4 Å². The molecule has 8 nitrogen and oxygen atoms in total. The lowest BCUT2D eigenvalue weighted by Crippen LogP contribution is -2.13. The number of carbonyl (C=O) groups is 4. The molecule has 0 saturated carbocycles.